The maximum absolute atomic E-state index is 5.82. The molecule has 0 saturated carbocycles. The van der Waals surface area contributed by atoms with Gasteiger partial charge in [0.25, 0.3) is 0 Å². The second-order valence-corrected chi connectivity index (χ2v) is 8.05. The molecule has 0 aliphatic carbocycles. The SMILES string of the molecule is COCCn1c(C)cc([C@H]2[C@H](c3ccccn3)NC(=S)N2c2ccc(OC)cc2)c1C. The first kappa shape index (κ1) is 21.3. The standard InChI is InChI=1S/C24H28N4O2S/c1-16-15-20(17(2)27(16)13-14-29-3)23-22(21-7-5-6-12-25-21)26-24(31)28(23)18-8-10-19(30-4)11-9-18/h5-12,15,22-23H,13-14H2,1-4H3,(H,26,31)/t22-,23-/m0/s1. The van der Waals surface area contributed by atoms with Gasteiger partial charge in [0.15, 0.2) is 5.11 Å². The zero-order valence-corrected chi connectivity index (χ0v) is 19.1. The molecule has 7 heteroatoms. The third-order valence-electron chi connectivity index (χ3n) is 5.90. The quantitative estimate of drug-likeness (QED) is 0.557. The van der Waals surface area contributed by atoms with Crippen LogP contribution in [0.2, 0.25) is 0 Å². The van der Waals surface area contributed by atoms with Gasteiger partial charge in [-0.25, -0.2) is 0 Å². The van der Waals surface area contributed by atoms with E-state index < -0.39 is 0 Å². The van der Waals surface area contributed by atoms with Crippen LogP contribution in [-0.2, 0) is 11.3 Å². The number of nitrogens with zero attached hydrogens (tertiary/aromatic N) is 3. The largest absolute Gasteiger partial charge is 0.497 e. The number of rotatable bonds is 7. The summed E-state index contributed by atoms with van der Waals surface area (Å²) in [5, 5.41) is 4.21. The average molecular weight is 437 g/mol. The van der Waals surface area contributed by atoms with Gasteiger partial charge in [-0.15, -0.1) is 0 Å². The van der Waals surface area contributed by atoms with Gasteiger partial charge in [0, 0.05) is 36.9 Å². The molecule has 162 valence electrons. The molecular formula is C24H28N4O2S. The molecule has 0 unspecified atom stereocenters. The normalized spacial score (nSPS) is 18.3. The van der Waals surface area contributed by atoms with E-state index in [9.17, 15) is 0 Å². The van der Waals surface area contributed by atoms with Crippen LogP contribution in [-0.4, -0.2) is 35.5 Å². The van der Waals surface area contributed by atoms with Gasteiger partial charge >= 0.3 is 0 Å². The van der Waals surface area contributed by atoms with Crippen LogP contribution in [0.3, 0.4) is 0 Å². The van der Waals surface area contributed by atoms with E-state index in [4.69, 9.17) is 21.7 Å². The molecule has 0 radical (unpaired) electrons. The van der Waals surface area contributed by atoms with Crippen LogP contribution >= 0.6 is 12.2 Å². The predicted molar refractivity (Wildman–Crippen MR) is 127 cm³/mol. The minimum absolute atomic E-state index is 0.0294. The van der Waals surface area contributed by atoms with Crippen molar-refractivity contribution in [1.29, 1.82) is 0 Å². The summed E-state index contributed by atoms with van der Waals surface area (Å²) in [6.45, 7) is 5.79. The average Bonchev–Trinajstić information content (AvgIpc) is 3.28. The molecule has 0 bridgehead atoms. The molecule has 4 rings (SSSR count). The summed E-state index contributed by atoms with van der Waals surface area (Å²) in [6, 6.07) is 16.2. The first-order valence-corrected chi connectivity index (χ1v) is 10.8. The van der Waals surface area contributed by atoms with Crippen LogP contribution in [0, 0.1) is 13.8 Å². The van der Waals surface area contributed by atoms with E-state index in [1.165, 1.54) is 17.0 Å². The van der Waals surface area contributed by atoms with E-state index in [1.54, 1.807) is 14.2 Å². The molecule has 2 atom stereocenters. The highest BCUT2D eigenvalue weighted by atomic mass is 32.1. The lowest BCUT2D eigenvalue weighted by Gasteiger charge is -2.28. The van der Waals surface area contributed by atoms with Crippen LogP contribution in [0.5, 0.6) is 5.75 Å². The number of benzene rings is 1. The molecule has 31 heavy (non-hydrogen) atoms. The number of hydrogen-bond donors (Lipinski definition) is 1. The van der Waals surface area contributed by atoms with Crippen molar-refractivity contribution < 1.29 is 9.47 Å². The van der Waals surface area contributed by atoms with Crippen molar-refractivity contribution in [2.45, 2.75) is 32.5 Å². The Balaban J connectivity index is 1.82. The highest BCUT2D eigenvalue weighted by Gasteiger charge is 2.42. The molecule has 1 saturated heterocycles. The van der Waals surface area contributed by atoms with Gasteiger partial charge in [-0.05, 0) is 74.1 Å². The third-order valence-corrected chi connectivity index (χ3v) is 6.21. The van der Waals surface area contributed by atoms with Gasteiger partial charge in [0.1, 0.15) is 5.75 Å². The number of nitrogens with one attached hydrogen (secondary N) is 1. The zero-order valence-electron chi connectivity index (χ0n) is 18.3. The van der Waals surface area contributed by atoms with E-state index >= 15 is 0 Å². The molecule has 0 spiro atoms. The molecule has 3 aromatic rings. The van der Waals surface area contributed by atoms with Gasteiger partial charge in [0.05, 0.1) is 31.5 Å². The Morgan fingerprint density at radius 2 is 1.87 bits per heavy atom. The van der Waals surface area contributed by atoms with Crippen molar-refractivity contribution in [2.75, 3.05) is 25.7 Å². The van der Waals surface area contributed by atoms with Crippen LogP contribution in [0.1, 0.15) is 34.7 Å². The number of anilines is 1. The Kier molecular flexibility index (Phi) is 6.25. The van der Waals surface area contributed by atoms with Crippen LogP contribution in [0.4, 0.5) is 5.69 Å². The van der Waals surface area contributed by atoms with Crippen LogP contribution < -0.4 is 15.0 Å². The monoisotopic (exact) mass is 436 g/mol. The lowest BCUT2D eigenvalue weighted by molar-refractivity contribution is 0.186. The Hall–Kier alpha value is -2.90. The highest BCUT2D eigenvalue weighted by Crippen LogP contribution is 2.43. The van der Waals surface area contributed by atoms with Gasteiger partial charge in [-0.1, -0.05) is 6.07 Å². The molecule has 1 N–H and O–H groups in total. The fraction of sp³-hybridized carbons (Fsp3) is 0.333. The van der Waals surface area contributed by atoms with E-state index in [0.717, 1.165) is 23.7 Å². The van der Waals surface area contributed by atoms with Gasteiger partial charge < -0.3 is 24.3 Å². The molecule has 1 aromatic carbocycles. The molecule has 1 aliphatic heterocycles. The number of aryl methyl sites for hydroxylation is 1. The number of methoxy groups -OCH3 is 2. The number of pyridine rings is 1. The lowest BCUT2D eigenvalue weighted by Crippen LogP contribution is -2.29. The number of ether oxygens (including phenoxy) is 2. The summed E-state index contributed by atoms with van der Waals surface area (Å²) in [5.74, 6) is 0.817. The van der Waals surface area contributed by atoms with Crippen molar-refractivity contribution in [3.05, 3.63) is 77.4 Å². The number of aromatic nitrogens is 2. The highest BCUT2D eigenvalue weighted by molar-refractivity contribution is 7.80. The Morgan fingerprint density at radius 1 is 1.10 bits per heavy atom. The molecule has 2 aromatic heterocycles. The number of thiocarbonyl (C=S) groups is 1. The summed E-state index contributed by atoms with van der Waals surface area (Å²) in [6.07, 6.45) is 1.83. The van der Waals surface area contributed by atoms with Crippen LogP contribution in [0.15, 0.2) is 54.7 Å². The maximum atomic E-state index is 5.82. The molecule has 6 nitrogen and oxygen atoms in total. The second kappa shape index (κ2) is 9.08. The Morgan fingerprint density at radius 3 is 2.52 bits per heavy atom. The fourth-order valence-electron chi connectivity index (χ4n) is 4.35. The molecular weight excluding hydrogens is 408 g/mol. The first-order chi connectivity index (χ1) is 15.0. The van der Waals surface area contributed by atoms with Crippen molar-refractivity contribution >= 4 is 23.0 Å². The van der Waals surface area contributed by atoms with E-state index in [2.05, 4.69) is 45.7 Å². The summed E-state index contributed by atoms with van der Waals surface area (Å²) in [7, 11) is 3.41. The Bertz CT molecular complexity index is 1050. The topological polar surface area (TPSA) is 51.5 Å². The summed E-state index contributed by atoms with van der Waals surface area (Å²) in [5.41, 5.74) is 5.63. The van der Waals surface area contributed by atoms with E-state index in [-0.39, 0.29) is 12.1 Å². The van der Waals surface area contributed by atoms with Gasteiger partial charge in [0.2, 0.25) is 0 Å². The Labute approximate surface area is 188 Å². The molecule has 0 amide bonds. The van der Waals surface area contributed by atoms with Gasteiger partial charge in [-0.2, -0.15) is 0 Å². The minimum atomic E-state index is -0.0628. The summed E-state index contributed by atoms with van der Waals surface area (Å²) >= 11 is 5.82. The predicted octanol–water partition coefficient (Wildman–Crippen LogP) is 4.33. The molecule has 1 aliphatic rings. The summed E-state index contributed by atoms with van der Waals surface area (Å²) in [4.78, 5) is 6.83. The van der Waals surface area contributed by atoms with Crippen molar-refractivity contribution in [3.63, 3.8) is 0 Å². The third kappa shape index (κ3) is 4.03. The van der Waals surface area contributed by atoms with Crippen molar-refractivity contribution in [1.82, 2.24) is 14.9 Å². The first-order valence-electron chi connectivity index (χ1n) is 10.4. The van der Waals surface area contributed by atoms with E-state index in [1.807, 2.05) is 42.6 Å². The maximum Gasteiger partial charge on any atom is 0.174 e. The molecule has 3 heterocycles. The number of hydrogen-bond acceptors (Lipinski definition) is 4. The lowest BCUT2D eigenvalue weighted by atomic mass is 9.96. The smallest absolute Gasteiger partial charge is 0.174 e. The van der Waals surface area contributed by atoms with Crippen molar-refractivity contribution in [3.8, 4) is 5.75 Å². The second-order valence-electron chi connectivity index (χ2n) is 7.67. The van der Waals surface area contributed by atoms with Gasteiger partial charge in [-0.3, -0.25) is 4.98 Å². The van der Waals surface area contributed by atoms with Crippen molar-refractivity contribution in [2.24, 2.45) is 0 Å². The molecule has 1 fully saturated rings. The summed E-state index contributed by atoms with van der Waals surface area (Å²) < 4.78 is 13.0. The fourth-order valence-corrected chi connectivity index (χ4v) is 4.69. The minimum Gasteiger partial charge on any atom is -0.497 e. The van der Waals surface area contributed by atoms with Crippen LogP contribution in [0.25, 0.3) is 0 Å². The zero-order chi connectivity index (χ0) is 22.0. The van der Waals surface area contributed by atoms with E-state index in [0.29, 0.717) is 11.7 Å².